The summed E-state index contributed by atoms with van der Waals surface area (Å²) in [5.41, 5.74) is 1.90. The quantitative estimate of drug-likeness (QED) is 0.545. The molecule has 0 unspecified atom stereocenters. The number of carbonyl (C=O) groups excluding carboxylic acids is 1. The summed E-state index contributed by atoms with van der Waals surface area (Å²) in [4.78, 5) is 15.9. The number of rotatable bonds is 5. The van der Waals surface area contributed by atoms with E-state index in [1.807, 2.05) is 24.3 Å². The van der Waals surface area contributed by atoms with Gasteiger partial charge < -0.3 is 0 Å². The highest BCUT2D eigenvalue weighted by molar-refractivity contribution is 5.49. The van der Waals surface area contributed by atoms with Gasteiger partial charge in [-0.3, -0.25) is 4.90 Å². The molecule has 0 aliphatic carbocycles. The Morgan fingerprint density at radius 3 is 2.27 bits per heavy atom. The van der Waals surface area contributed by atoms with Crippen LogP contribution in [0.5, 0.6) is 0 Å². The Morgan fingerprint density at radius 2 is 1.80 bits per heavy atom. The summed E-state index contributed by atoms with van der Waals surface area (Å²) in [6.07, 6.45) is 1.53. The van der Waals surface area contributed by atoms with Crippen LogP contribution in [0.4, 0.5) is 5.69 Å². The van der Waals surface area contributed by atoms with E-state index in [1.54, 1.807) is 0 Å². The van der Waals surface area contributed by atoms with Gasteiger partial charge >= 0.3 is 0 Å². The van der Waals surface area contributed by atoms with Crippen molar-refractivity contribution < 1.29 is 4.79 Å². The fourth-order valence-corrected chi connectivity index (χ4v) is 1.43. The molecular formula is C12H16N2O. The number of nitrogens with zero attached hydrogens (tertiary/aromatic N) is 2. The van der Waals surface area contributed by atoms with Gasteiger partial charge in [-0.25, -0.2) is 4.79 Å². The zero-order valence-corrected chi connectivity index (χ0v) is 9.23. The van der Waals surface area contributed by atoms with Crippen molar-refractivity contribution in [3.05, 3.63) is 29.8 Å². The molecule has 3 heteroatoms. The summed E-state index contributed by atoms with van der Waals surface area (Å²) in [5, 5.41) is 0. The predicted molar refractivity (Wildman–Crippen MR) is 60.8 cm³/mol. The number of isocyanates is 1. The van der Waals surface area contributed by atoms with E-state index in [-0.39, 0.29) is 0 Å². The van der Waals surface area contributed by atoms with E-state index in [9.17, 15) is 4.79 Å². The lowest BCUT2D eigenvalue weighted by Gasteiger charge is -2.17. The fourth-order valence-electron chi connectivity index (χ4n) is 1.43. The lowest BCUT2D eigenvalue weighted by molar-refractivity contribution is 0.296. The zero-order chi connectivity index (χ0) is 11.1. The SMILES string of the molecule is CCN(CC)Cc1ccc(N=C=O)cc1. The summed E-state index contributed by atoms with van der Waals surface area (Å²) >= 11 is 0. The van der Waals surface area contributed by atoms with Crippen LogP contribution in [0, 0.1) is 0 Å². The Kier molecular flexibility index (Phi) is 4.75. The van der Waals surface area contributed by atoms with Crippen LogP contribution in [0.25, 0.3) is 0 Å². The van der Waals surface area contributed by atoms with Crippen LogP contribution >= 0.6 is 0 Å². The molecule has 0 bridgehead atoms. The van der Waals surface area contributed by atoms with Crippen molar-refractivity contribution in [3.63, 3.8) is 0 Å². The topological polar surface area (TPSA) is 32.7 Å². The van der Waals surface area contributed by atoms with Crippen LogP contribution in [-0.4, -0.2) is 24.1 Å². The first-order valence-corrected chi connectivity index (χ1v) is 5.19. The molecule has 0 amide bonds. The van der Waals surface area contributed by atoms with Crippen molar-refractivity contribution in [2.45, 2.75) is 20.4 Å². The average Bonchev–Trinajstić information content (AvgIpc) is 2.28. The normalized spacial score (nSPS) is 10.1. The van der Waals surface area contributed by atoms with E-state index in [2.05, 4.69) is 23.7 Å². The minimum absolute atomic E-state index is 0.660. The third kappa shape index (κ3) is 3.66. The molecule has 0 aliphatic heterocycles. The molecule has 0 aliphatic rings. The number of aliphatic imine (C=N–C) groups is 1. The standard InChI is InChI=1S/C12H16N2O/c1-3-14(4-2)9-11-5-7-12(8-6-11)13-10-15/h5-8H,3-4,9H2,1-2H3. The van der Waals surface area contributed by atoms with Gasteiger partial charge in [-0.2, -0.15) is 4.99 Å². The molecule has 0 radical (unpaired) electrons. The van der Waals surface area contributed by atoms with Crippen LogP contribution in [0.2, 0.25) is 0 Å². The van der Waals surface area contributed by atoms with Crippen molar-refractivity contribution in [1.29, 1.82) is 0 Å². The monoisotopic (exact) mass is 204 g/mol. The number of benzene rings is 1. The molecule has 0 atom stereocenters. The highest BCUT2D eigenvalue weighted by Gasteiger charge is 2.00. The van der Waals surface area contributed by atoms with Crippen LogP contribution in [0.15, 0.2) is 29.3 Å². The Morgan fingerprint density at radius 1 is 1.20 bits per heavy atom. The van der Waals surface area contributed by atoms with Crippen molar-refractivity contribution in [2.75, 3.05) is 13.1 Å². The molecule has 0 N–H and O–H groups in total. The van der Waals surface area contributed by atoms with Gasteiger partial charge in [-0.1, -0.05) is 26.0 Å². The zero-order valence-electron chi connectivity index (χ0n) is 9.23. The Bertz CT molecular complexity index is 335. The second-order valence-corrected chi connectivity index (χ2v) is 3.33. The number of hydrogen-bond acceptors (Lipinski definition) is 3. The maximum atomic E-state index is 10.0. The lowest BCUT2D eigenvalue weighted by Crippen LogP contribution is -2.21. The third-order valence-corrected chi connectivity index (χ3v) is 2.41. The minimum Gasteiger partial charge on any atom is -0.300 e. The Labute approximate surface area is 90.4 Å². The van der Waals surface area contributed by atoms with Crippen molar-refractivity contribution >= 4 is 11.8 Å². The van der Waals surface area contributed by atoms with Crippen LogP contribution in [-0.2, 0) is 11.3 Å². The van der Waals surface area contributed by atoms with Crippen LogP contribution < -0.4 is 0 Å². The van der Waals surface area contributed by atoms with Gasteiger partial charge in [0.15, 0.2) is 0 Å². The predicted octanol–water partition coefficient (Wildman–Crippen LogP) is 2.50. The van der Waals surface area contributed by atoms with Crippen molar-refractivity contribution in [2.24, 2.45) is 4.99 Å². The molecule has 1 aromatic carbocycles. The first-order chi connectivity index (χ1) is 7.30. The largest absolute Gasteiger partial charge is 0.300 e. The van der Waals surface area contributed by atoms with Gasteiger partial charge in [0, 0.05) is 6.54 Å². The minimum atomic E-state index is 0.660. The summed E-state index contributed by atoms with van der Waals surface area (Å²) in [7, 11) is 0. The maximum absolute atomic E-state index is 10.0. The highest BCUT2D eigenvalue weighted by Crippen LogP contribution is 2.13. The lowest BCUT2D eigenvalue weighted by atomic mass is 10.2. The van der Waals surface area contributed by atoms with E-state index < -0.39 is 0 Å². The first-order valence-electron chi connectivity index (χ1n) is 5.19. The van der Waals surface area contributed by atoms with Gasteiger partial charge in [0.25, 0.3) is 0 Å². The Balaban J connectivity index is 2.67. The van der Waals surface area contributed by atoms with E-state index in [0.717, 1.165) is 19.6 Å². The van der Waals surface area contributed by atoms with E-state index >= 15 is 0 Å². The summed E-state index contributed by atoms with van der Waals surface area (Å²) in [6.45, 7) is 7.33. The molecule has 1 aromatic rings. The summed E-state index contributed by atoms with van der Waals surface area (Å²) in [5.74, 6) is 0. The van der Waals surface area contributed by atoms with Gasteiger partial charge in [-0.05, 0) is 30.8 Å². The molecule has 0 fully saturated rings. The molecule has 0 saturated heterocycles. The number of hydrogen-bond donors (Lipinski definition) is 0. The fraction of sp³-hybridized carbons (Fsp3) is 0.417. The summed E-state index contributed by atoms with van der Waals surface area (Å²) in [6, 6.07) is 7.66. The smallest absolute Gasteiger partial charge is 0.240 e. The highest BCUT2D eigenvalue weighted by atomic mass is 16.1. The molecule has 80 valence electrons. The van der Waals surface area contributed by atoms with Crippen LogP contribution in [0.3, 0.4) is 0 Å². The maximum Gasteiger partial charge on any atom is 0.240 e. The Hall–Kier alpha value is -1.44. The van der Waals surface area contributed by atoms with E-state index in [0.29, 0.717) is 5.69 Å². The van der Waals surface area contributed by atoms with Gasteiger partial charge in [-0.15, -0.1) is 0 Å². The molecule has 1 rings (SSSR count). The molecule has 15 heavy (non-hydrogen) atoms. The average molecular weight is 204 g/mol. The molecule has 3 nitrogen and oxygen atoms in total. The summed E-state index contributed by atoms with van der Waals surface area (Å²) < 4.78 is 0. The second kappa shape index (κ2) is 6.12. The molecule has 0 saturated carbocycles. The van der Waals surface area contributed by atoms with E-state index in [1.165, 1.54) is 11.6 Å². The molecular weight excluding hydrogens is 188 g/mol. The molecule has 0 heterocycles. The van der Waals surface area contributed by atoms with Crippen molar-refractivity contribution in [3.8, 4) is 0 Å². The van der Waals surface area contributed by atoms with Gasteiger partial charge in [0.05, 0.1) is 5.69 Å². The first kappa shape index (κ1) is 11.6. The van der Waals surface area contributed by atoms with E-state index in [4.69, 9.17) is 0 Å². The van der Waals surface area contributed by atoms with Gasteiger partial charge in [0.1, 0.15) is 0 Å². The third-order valence-electron chi connectivity index (χ3n) is 2.41. The second-order valence-electron chi connectivity index (χ2n) is 3.33. The molecule has 0 aromatic heterocycles. The van der Waals surface area contributed by atoms with Crippen molar-refractivity contribution in [1.82, 2.24) is 4.90 Å². The molecule has 0 spiro atoms. The van der Waals surface area contributed by atoms with Crippen LogP contribution in [0.1, 0.15) is 19.4 Å². The van der Waals surface area contributed by atoms with Gasteiger partial charge in [0.2, 0.25) is 6.08 Å².